The average Bonchev–Trinajstić information content (AvgIpc) is 2.91. The highest BCUT2D eigenvalue weighted by atomic mass is 32.2. The molecule has 0 spiro atoms. The second-order valence-corrected chi connectivity index (χ2v) is 6.62. The van der Waals surface area contributed by atoms with Crippen LogP contribution in [0.25, 0.3) is 0 Å². The lowest BCUT2D eigenvalue weighted by atomic mass is 10.2. The lowest BCUT2D eigenvalue weighted by molar-refractivity contribution is -0.387. The average molecular weight is 317 g/mol. The number of benzene rings is 1. The van der Waals surface area contributed by atoms with Crippen LogP contribution < -0.4 is 10.0 Å². The Morgan fingerprint density at radius 1 is 1.48 bits per heavy atom. The van der Waals surface area contributed by atoms with Gasteiger partial charge in [-0.25, -0.2) is 13.1 Å². The number of sulfonamides is 1. The van der Waals surface area contributed by atoms with Crippen molar-refractivity contribution in [3.8, 4) is 0 Å². The Kier molecular flexibility index (Phi) is 4.86. The van der Waals surface area contributed by atoms with Crippen LogP contribution in [0.15, 0.2) is 23.1 Å². The number of halogens is 1. The van der Waals surface area contributed by atoms with E-state index in [4.69, 9.17) is 0 Å². The third kappa shape index (κ3) is 3.96. The maximum absolute atomic E-state index is 13.5. The van der Waals surface area contributed by atoms with Crippen LogP contribution in [-0.2, 0) is 10.0 Å². The minimum absolute atomic E-state index is 0.235. The first-order valence-electron chi connectivity index (χ1n) is 6.57. The fourth-order valence-electron chi connectivity index (χ4n) is 2.26. The number of nitrogens with zero attached hydrogens (tertiary/aromatic N) is 1. The summed E-state index contributed by atoms with van der Waals surface area (Å²) < 4.78 is 39.8. The van der Waals surface area contributed by atoms with Gasteiger partial charge < -0.3 is 5.32 Å². The first-order chi connectivity index (χ1) is 9.90. The predicted octanol–water partition coefficient (Wildman–Crippen LogP) is 1.15. The van der Waals surface area contributed by atoms with E-state index in [1.807, 2.05) is 0 Å². The Morgan fingerprint density at radius 2 is 2.24 bits per heavy atom. The van der Waals surface area contributed by atoms with Crippen LogP contribution in [0.4, 0.5) is 10.1 Å². The summed E-state index contributed by atoms with van der Waals surface area (Å²) in [6, 6.07) is 2.83. The van der Waals surface area contributed by atoms with E-state index in [9.17, 15) is 22.9 Å². The van der Waals surface area contributed by atoms with E-state index in [1.54, 1.807) is 0 Å². The second kappa shape index (κ2) is 6.46. The zero-order valence-electron chi connectivity index (χ0n) is 11.2. The summed E-state index contributed by atoms with van der Waals surface area (Å²) in [7, 11) is -3.86. The smallest absolute Gasteiger partial charge is 0.304 e. The molecule has 1 fully saturated rings. The van der Waals surface area contributed by atoms with Crippen molar-refractivity contribution < 1.29 is 17.7 Å². The summed E-state index contributed by atoms with van der Waals surface area (Å²) >= 11 is 0. The lowest BCUT2D eigenvalue weighted by Gasteiger charge is -2.11. The van der Waals surface area contributed by atoms with Crippen LogP contribution >= 0.6 is 0 Å². The Hall–Kier alpha value is -1.58. The number of nitro groups is 1. The van der Waals surface area contributed by atoms with Gasteiger partial charge in [-0.3, -0.25) is 10.1 Å². The van der Waals surface area contributed by atoms with Crippen LogP contribution in [0, 0.1) is 15.9 Å². The number of nitrogens with one attached hydrogen (secondary N) is 2. The van der Waals surface area contributed by atoms with Crippen molar-refractivity contribution in [3.63, 3.8) is 0 Å². The Bertz CT molecular complexity index is 629. The maximum atomic E-state index is 13.5. The first-order valence-corrected chi connectivity index (χ1v) is 8.05. The minimum atomic E-state index is -3.86. The molecule has 0 aromatic heterocycles. The van der Waals surface area contributed by atoms with Crippen LogP contribution in [0.2, 0.25) is 0 Å². The van der Waals surface area contributed by atoms with Crippen LogP contribution in [0.3, 0.4) is 0 Å². The molecule has 0 bridgehead atoms. The fraction of sp³-hybridized carbons (Fsp3) is 0.500. The van der Waals surface area contributed by atoms with E-state index in [0.717, 1.165) is 31.5 Å². The molecule has 9 heteroatoms. The van der Waals surface area contributed by atoms with Gasteiger partial charge in [0.15, 0.2) is 0 Å². The van der Waals surface area contributed by atoms with Crippen molar-refractivity contribution in [2.45, 2.75) is 30.2 Å². The van der Waals surface area contributed by atoms with E-state index in [0.29, 0.717) is 18.5 Å². The van der Waals surface area contributed by atoms with Gasteiger partial charge in [-0.1, -0.05) is 0 Å². The van der Waals surface area contributed by atoms with Crippen molar-refractivity contribution in [3.05, 3.63) is 34.1 Å². The highest BCUT2D eigenvalue weighted by Crippen LogP contribution is 2.20. The Balaban J connectivity index is 2.01. The molecule has 1 atom stereocenters. The third-order valence-electron chi connectivity index (χ3n) is 3.37. The van der Waals surface area contributed by atoms with Crippen molar-refractivity contribution in [2.24, 2.45) is 0 Å². The topological polar surface area (TPSA) is 101 Å². The first kappa shape index (κ1) is 15.8. The monoisotopic (exact) mass is 317 g/mol. The molecule has 1 aliphatic heterocycles. The minimum Gasteiger partial charge on any atom is -0.314 e. The van der Waals surface area contributed by atoms with Crippen LogP contribution in [0.1, 0.15) is 19.3 Å². The molecule has 2 N–H and O–H groups in total. The molecule has 0 radical (unpaired) electrons. The van der Waals surface area contributed by atoms with E-state index in [1.165, 1.54) is 0 Å². The molecule has 0 amide bonds. The highest BCUT2D eigenvalue weighted by molar-refractivity contribution is 7.89. The van der Waals surface area contributed by atoms with Gasteiger partial charge in [-0.05, 0) is 31.9 Å². The number of hydrogen-bond acceptors (Lipinski definition) is 5. The Morgan fingerprint density at radius 3 is 2.81 bits per heavy atom. The Labute approximate surface area is 121 Å². The van der Waals surface area contributed by atoms with Crippen molar-refractivity contribution in [2.75, 3.05) is 13.1 Å². The molecular formula is C12H16FN3O4S. The van der Waals surface area contributed by atoms with Gasteiger partial charge in [0.2, 0.25) is 15.8 Å². The van der Waals surface area contributed by atoms with Gasteiger partial charge in [0.1, 0.15) is 0 Å². The molecule has 21 heavy (non-hydrogen) atoms. The molecule has 1 aromatic rings. The van der Waals surface area contributed by atoms with E-state index < -0.39 is 26.5 Å². The zero-order chi connectivity index (χ0) is 15.5. The van der Waals surface area contributed by atoms with Crippen molar-refractivity contribution >= 4 is 15.7 Å². The SMILES string of the molecule is O=[N+]([O-])c1ccc(S(=O)(=O)NCC[C@H]2CCCN2)cc1F. The molecule has 0 saturated carbocycles. The van der Waals surface area contributed by atoms with E-state index in [-0.39, 0.29) is 11.4 Å². The maximum Gasteiger partial charge on any atom is 0.304 e. The molecule has 1 saturated heterocycles. The van der Waals surface area contributed by atoms with Crippen molar-refractivity contribution in [1.82, 2.24) is 10.0 Å². The normalized spacial score (nSPS) is 18.8. The van der Waals surface area contributed by atoms with Gasteiger partial charge in [-0.15, -0.1) is 0 Å². The zero-order valence-corrected chi connectivity index (χ0v) is 12.0. The standard InChI is InChI=1S/C12H16FN3O4S/c13-11-8-10(3-4-12(11)16(17)18)21(19,20)15-7-5-9-2-1-6-14-9/h3-4,8-9,14-15H,1-2,5-7H2/t9-/m1/s1. The summed E-state index contributed by atoms with van der Waals surface area (Å²) in [5.41, 5.74) is -0.746. The molecule has 0 unspecified atom stereocenters. The van der Waals surface area contributed by atoms with Crippen molar-refractivity contribution in [1.29, 1.82) is 0 Å². The molecule has 0 aliphatic carbocycles. The summed E-state index contributed by atoms with van der Waals surface area (Å²) in [5, 5.41) is 13.7. The molecule has 1 heterocycles. The molecule has 116 valence electrons. The van der Waals surface area contributed by atoms with Gasteiger partial charge in [0.25, 0.3) is 0 Å². The number of hydrogen-bond donors (Lipinski definition) is 2. The van der Waals surface area contributed by atoms with E-state index in [2.05, 4.69) is 10.0 Å². The molecule has 2 rings (SSSR count). The quantitative estimate of drug-likeness (QED) is 0.605. The molecule has 1 aliphatic rings. The highest BCUT2D eigenvalue weighted by Gasteiger charge is 2.21. The van der Waals surface area contributed by atoms with Crippen LogP contribution in [0.5, 0.6) is 0 Å². The fourth-order valence-corrected chi connectivity index (χ4v) is 3.32. The third-order valence-corrected chi connectivity index (χ3v) is 4.83. The van der Waals surface area contributed by atoms with Gasteiger partial charge in [0, 0.05) is 24.7 Å². The van der Waals surface area contributed by atoms with E-state index >= 15 is 0 Å². The van der Waals surface area contributed by atoms with Crippen LogP contribution in [-0.4, -0.2) is 32.5 Å². The summed E-state index contributed by atoms with van der Waals surface area (Å²) in [5.74, 6) is -1.17. The van der Waals surface area contributed by atoms with Gasteiger partial charge in [-0.2, -0.15) is 4.39 Å². The number of nitro benzene ring substituents is 1. The number of rotatable bonds is 6. The molecule has 1 aromatic carbocycles. The lowest BCUT2D eigenvalue weighted by Crippen LogP contribution is -2.30. The van der Waals surface area contributed by atoms with Gasteiger partial charge >= 0.3 is 5.69 Å². The summed E-state index contributed by atoms with van der Waals surface area (Å²) in [4.78, 5) is 9.28. The van der Waals surface area contributed by atoms with Gasteiger partial charge in [0.05, 0.1) is 9.82 Å². The summed E-state index contributed by atoms with van der Waals surface area (Å²) in [6.45, 7) is 1.17. The molecule has 7 nitrogen and oxygen atoms in total. The summed E-state index contributed by atoms with van der Waals surface area (Å²) in [6.07, 6.45) is 2.73. The predicted molar refractivity (Wildman–Crippen MR) is 73.9 cm³/mol. The molecular weight excluding hydrogens is 301 g/mol. The second-order valence-electron chi connectivity index (χ2n) is 4.85. The largest absolute Gasteiger partial charge is 0.314 e.